The van der Waals surface area contributed by atoms with Gasteiger partial charge in [0.1, 0.15) is 0 Å². The maximum absolute atomic E-state index is 9.14. The van der Waals surface area contributed by atoms with Crippen LogP contribution >= 0.6 is 0 Å². The van der Waals surface area contributed by atoms with Crippen molar-refractivity contribution in [3.63, 3.8) is 0 Å². The molecule has 4 nitrogen and oxygen atoms in total. The molecule has 0 bridgehead atoms. The van der Waals surface area contributed by atoms with E-state index in [9.17, 15) is 0 Å². The van der Waals surface area contributed by atoms with Crippen LogP contribution in [0.4, 0.5) is 0 Å². The van der Waals surface area contributed by atoms with E-state index in [1.54, 1.807) is 12.5 Å². The normalized spacial score (nSPS) is 14.4. The fourth-order valence-electron chi connectivity index (χ4n) is 2.12. The third-order valence-electron chi connectivity index (χ3n) is 3.12. The fraction of sp³-hybridized carbons (Fsp3) is 0.357. The lowest BCUT2D eigenvalue weighted by Crippen LogP contribution is -2.21. The third kappa shape index (κ3) is 2.78. The summed E-state index contributed by atoms with van der Waals surface area (Å²) in [6.07, 6.45) is 4.42. The molecule has 2 aromatic rings. The first kappa shape index (κ1) is 12.8. The van der Waals surface area contributed by atoms with Crippen LogP contribution in [0.2, 0.25) is 0 Å². The summed E-state index contributed by atoms with van der Waals surface area (Å²) in [5.74, 6) is 0. The molecular weight excluding hydrogens is 226 g/mol. The van der Waals surface area contributed by atoms with E-state index >= 15 is 0 Å². The van der Waals surface area contributed by atoms with Gasteiger partial charge in [0.25, 0.3) is 0 Å². The summed E-state index contributed by atoms with van der Waals surface area (Å²) in [5, 5.41) is 9.14. The molecule has 0 fully saturated rings. The van der Waals surface area contributed by atoms with Crippen molar-refractivity contribution >= 4 is 0 Å². The van der Waals surface area contributed by atoms with Gasteiger partial charge in [-0.1, -0.05) is 30.3 Å². The number of hydrogen-bond acceptors (Lipinski definition) is 3. The number of benzene rings is 1. The maximum Gasteiger partial charge on any atom is 0.0951 e. The minimum Gasteiger partial charge on any atom is -0.394 e. The van der Waals surface area contributed by atoms with Crippen LogP contribution in [0, 0.1) is 0 Å². The van der Waals surface area contributed by atoms with E-state index in [0.29, 0.717) is 0 Å². The van der Waals surface area contributed by atoms with Crippen LogP contribution in [0.25, 0.3) is 0 Å². The molecule has 0 radical (unpaired) electrons. The summed E-state index contributed by atoms with van der Waals surface area (Å²) >= 11 is 0. The van der Waals surface area contributed by atoms with Gasteiger partial charge in [0.2, 0.25) is 0 Å². The monoisotopic (exact) mass is 245 g/mol. The van der Waals surface area contributed by atoms with E-state index in [1.165, 1.54) is 5.56 Å². The number of imidazole rings is 1. The standard InChI is InChI=1S/C14H19N3O/c1-11(7-12-5-3-2-4-6-12)17-10-16-8-14(17)13(15)9-18/h2-6,8,10-11,13,18H,7,9,15H2,1H3. The van der Waals surface area contributed by atoms with Crippen LogP contribution in [-0.2, 0) is 6.42 Å². The minimum atomic E-state index is -0.370. The second-order valence-electron chi connectivity index (χ2n) is 4.55. The Kier molecular flexibility index (Phi) is 4.12. The number of rotatable bonds is 5. The van der Waals surface area contributed by atoms with E-state index in [4.69, 9.17) is 10.8 Å². The predicted octanol–water partition coefficient (Wildman–Crippen LogP) is 1.68. The zero-order valence-electron chi connectivity index (χ0n) is 10.5. The second-order valence-corrected chi connectivity index (χ2v) is 4.55. The van der Waals surface area contributed by atoms with Crippen molar-refractivity contribution < 1.29 is 5.11 Å². The lowest BCUT2D eigenvalue weighted by Gasteiger charge is -2.19. The van der Waals surface area contributed by atoms with Crippen LogP contribution in [0.15, 0.2) is 42.9 Å². The van der Waals surface area contributed by atoms with Crippen LogP contribution < -0.4 is 5.73 Å². The Morgan fingerprint density at radius 1 is 1.33 bits per heavy atom. The van der Waals surface area contributed by atoms with Crippen molar-refractivity contribution in [2.24, 2.45) is 5.73 Å². The highest BCUT2D eigenvalue weighted by molar-refractivity contribution is 5.16. The van der Waals surface area contributed by atoms with Crippen molar-refractivity contribution in [1.82, 2.24) is 9.55 Å². The van der Waals surface area contributed by atoms with Crippen molar-refractivity contribution in [2.45, 2.75) is 25.4 Å². The van der Waals surface area contributed by atoms with Crippen molar-refractivity contribution in [1.29, 1.82) is 0 Å². The molecule has 4 heteroatoms. The SMILES string of the molecule is CC(Cc1ccccc1)n1cncc1C(N)CO. The molecule has 3 N–H and O–H groups in total. The van der Waals surface area contributed by atoms with Gasteiger partial charge < -0.3 is 15.4 Å². The Labute approximate surface area is 107 Å². The Balaban J connectivity index is 2.14. The molecule has 0 amide bonds. The molecule has 0 spiro atoms. The van der Waals surface area contributed by atoms with Gasteiger partial charge in [-0.3, -0.25) is 0 Å². The molecule has 2 atom stereocenters. The van der Waals surface area contributed by atoms with Crippen LogP contribution in [0.3, 0.4) is 0 Å². The van der Waals surface area contributed by atoms with Crippen LogP contribution in [0.5, 0.6) is 0 Å². The highest BCUT2D eigenvalue weighted by Gasteiger charge is 2.14. The van der Waals surface area contributed by atoms with Gasteiger partial charge in [0, 0.05) is 12.2 Å². The number of nitrogens with zero attached hydrogens (tertiary/aromatic N) is 2. The van der Waals surface area contributed by atoms with Gasteiger partial charge >= 0.3 is 0 Å². The van der Waals surface area contributed by atoms with E-state index < -0.39 is 0 Å². The molecule has 1 aromatic carbocycles. The zero-order chi connectivity index (χ0) is 13.0. The van der Waals surface area contributed by atoms with Gasteiger partial charge in [-0.15, -0.1) is 0 Å². The van der Waals surface area contributed by atoms with Gasteiger partial charge in [0.15, 0.2) is 0 Å². The second kappa shape index (κ2) is 5.80. The average Bonchev–Trinajstić information content (AvgIpc) is 2.88. The first-order valence-corrected chi connectivity index (χ1v) is 6.14. The molecule has 1 aromatic heterocycles. The zero-order valence-corrected chi connectivity index (χ0v) is 10.5. The van der Waals surface area contributed by atoms with Crippen LogP contribution in [0.1, 0.15) is 30.3 Å². The van der Waals surface area contributed by atoms with E-state index in [-0.39, 0.29) is 18.7 Å². The van der Waals surface area contributed by atoms with Gasteiger partial charge in [0.05, 0.1) is 24.7 Å². The molecule has 0 aliphatic carbocycles. The summed E-state index contributed by atoms with van der Waals surface area (Å²) < 4.78 is 2.04. The van der Waals surface area contributed by atoms with Gasteiger partial charge in [-0.2, -0.15) is 0 Å². The quantitative estimate of drug-likeness (QED) is 0.842. The van der Waals surface area contributed by atoms with E-state index in [0.717, 1.165) is 12.1 Å². The predicted molar refractivity (Wildman–Crippen MR) is 71.1 cm³/mol. The summed E-state index contributed by atoms with van der Waals surface area (Å²) in [5.41, 5.74) is 8.02. The minimum absolute atomic E-state index is 0.0657. The van der Waals surface area contributed by atoms with Crippen molar-refractivity contribution in [3.8, 4) is 0 Å². The topological polar surface area (TPSA) is 64.1 Å². The molecule has 2 rings (SSSR count). The average molecular weight is 245 g/mol. The van der Waals surface area contributed by atoms with Crippen molar-refractivity contribution in [2.75, 3.05) is 6.61 Å². The molecule has 96 valence electrons. The molecule has 0 aliphatic rings. The summed E-state index contributed by atoms with van der Waals surface area (Å²) in [6.45, 7) is 2.06. The van der Waals surface area contributed by atoms with Crippen LogP contribution in [-0.4, -0.2) is 21.3 Å². The number of aromatic nitrogens is 2. The highest BCUT2D eigenvalue weighted by atomic mass is 16.3. The molecule has 1 heterocycles. The Morgan fingerprint density at radius 2 is 2.06 bits per heavy atom. The summed E-state index contributed by atoms with van der Waals surface area (Å²) in [7, 11) is 0. The number of hydrogen-bond donors (Lipinski definition) is 2. The fourth-order valence-corrected chi connectivity index (χ4v) is 2.12. The maximum atomic E-state index is 9.14. The van der Waals surface area contributed by atoms with Crippen molar-refractivity contribution in [3.05, 3.63) is 54.1 Å². The third-order valence-corrected chi connectivity index (χ3v) is 3.12. The van der Waals surface area contributed by atoms with Gasteiger partial charge in [-0.25, -0.2) is 4.98 Å². The van der Waals surface area contributed by atoms with Gasteiger partial charge in [-0.05, 0) is 18.9 Å². The highest BCUT2D eigenvalue weighted by Crippen LogP contribution is 2.19. The molecule has 2 unspecified atom stereocenters. The molecular formula is C14H19N3O. The molecule has 0 saturated carbocycles. The first-order chi connectivity index (χ1) is 8.72. The first-order valence-electron chi connectivity index (χ1n) is 6.14. The lowest BCUT2D eigenvalue weighted by molar-refractivity contribution is 0.261. The Hall–Kier alpha value is -1.65. The smallest absolute Gasteiger partial charge is 0.0951 e. The van der Waals surface area contributed by atoms with E-state index in [2.05, 4.69) is 24.0 Å². The molecule has 0 aliphatic heterocycles. The summed E-state index contributed by atoms with van der Waals surface area (Å²) in [4.78, 5) is 4.13. The Bertz CT molecular complexity index is 481. The van der Waals surface area contributed by atoms with E-state index in [1.807, 2.05) is 22.8 Å². The lowest BCUT2D eigenvalue weighted by atomic mass is 10.1. The number of aliphatic hydroxyl groups is 1. The number of aliphatic hydroxyl groups excluding tert-OH is 1. The molecule has 0 saturated heterocycles. The number of nitrogens with two attached hydrogens (primary N) is 1. The summed E-state index contributed by atoms with van der Waals surface area (Å²) in [6, 6.07) is 10.2. The molecule has 18 heavy (non-hydrogen) atoms. The largest absolute Gasteiger partial charge is 0.394 e. The Morgan fingerprint density at radius 3 is 2.72 bits per heavy atom.